The predicted molar refractivity (Wildman–Crippen MR) is 89.3 cm³/mol. The third-order valence-electron chi connectivity index (χ3n) is 3.81. The van der Waals surface area contributed by atoms with Crippen molar-refractivity contribution < 1.29 is 0 Å². The maximum absolute atomic E-state index is 4.54. The summed E-state index contributed by atoms with van der Waals surface area (Å²) in [6, 6.07) is 17.4. The Morgan fingerprint density at radius 3 is 2.43 bits per heavy atom. The number of rotatable bonds is 8. The number of hydrogen-bond acceptors (Lipinski definition) is 2. The van der Waals surface area contributed by atoms with Crippen LogP contribution in [0, 0.1) is 0 Å². The summed E-state index contributed by atoms with van der Waals surface area (Å²) in [5.74, 6) is 0. The first-order valence-electron chi connectivity index (χ1n) is 8.03. The average molecular weight is 282 g/mol. The van der Waals surface area contributed by atoms with E-state index in [1.165, 1.54) is 31.2 Å². The molecule has 1 N–H and O–H groups in total. The quantitative estimate of drug-likeness (QED) is 0.708. The molecule has 0 spiro atoms. The van der Waals surface area contributed by atoms with Gasteiger partial charge >= 0.3 is 0 Å². The summed E-state index contributed by atoms with van der Waals surface area (Å²) in [5, 5.41) is 3.75. The number of unbranched alkanes of at least 4 members (excludes halogenated alkanes) is 2. The van der Waals surface area contributed by atoms with Crippen molar-refractivity contribution >= 4 is 0 Å². The first kappa shape index (κ1) is 15.7. The zero-order valence-corrected chi connectivity index (χ0v) is 13.1. The van der Waals surface area contributed by atoms with Crippen LogP contribution in [-0.4, -0.2) is 11.0 Å². The molecule has 0 fully saturated rings. The Morgan fingerprint density at radius 1 is 1.00 bits per heavy atom. The fourth-order valence-electron chi connectivity index (χ4n) is 2.61. The van der Waals surface area contributed by atoms with E-state index in [0.717, 1.165) is 5.69 Å². The van der Waals surface area contributed by atoms with Crippen LogP contribution in [0.5, 0.6) is 0 Å². The SMILES string of the molecule is CCCCCC(C)NC(c1ccccc1)c1ccccn1. The number of nitrogens with one attached hydrogen (secondary N) is 1. The van der Waals surface area contributed by atoms with E-state index >= 15 is 0 Å². The first-order valence-corrected chi connectivity index (χ1v) is 8.03. The van der Waals surface area contributed by atoms with Gasteiger partial charge in [-0.2, -0.15) is 0 Å². The zero-order chi connectivity index (χ0) is 14.9. The number of nitrogens with zero attached hydrogens (tertiary/aromatic N) is 1. The van der Waals surface area contributed by atoms with Crippen LogP contribution >= 0.6 is 0 Å². The van der Waals surface area contributed by atoms with Gasteiger partial charge in [0.15, 0.2) is 0 Å². The minimum Gasteiger partial charge on any atom is -0.302 e. The molecule has 2 unspecified atom stereocenters. The Morgan fingerprint density at radius 2 is 1.76 bits per heavy atom. The lowest BCUT2D eigenvalue weighted by Gasteiger charge is -2.23. The van der Waals surface area contributed by atoms with Crippen molar-refractivity contribution in [3.05, 3.63) is 66.0 Å². The Hall–Kier alpha value is -1.67. The molecule has 112 valence electrons. The minimum absolute atomic E-state index is 0.170. The lowest BCUT2D eigenvalue weighted by atomic mass is 10.0. The van der Waals surface area contributed by atoms with E-state index in [9.17, 15) is 0 Å². The van der Waals surface area contributed by atoms with Crippen molar-refractivity contribution in [2.75, 3.05) is 0 Å². The van der Waals surface area contributed by atoms with Crippen LogP contribution in [0.25, 0.3) is 0 Å². The van der Waals surface area contributed by atoms with Gasteiger partial charge in [0.25, 0.3) is 0 Å². The molecule has 2 nitrogen and oxygen atoms in total. The maximum Gasteiger partial charge on any atom is 0.0753 e. The normalized spacial score (nSPS) is 13.8. The molecule has 1 aromatic carbocycles. The van der Waals surface area contributed by atoms with Gasteiger partial charge in [-0.1, -0.05) is 62.6 Å². The van der Waals surface area contributed by atoms with E-state index in [2.05, 4.69) is 66.6 Å². The molecule has 2 aromatic rings. The molecule has 2 rings (SSSR count). The molecule has 0 aliphatic rings. The molecular formula is C19H26N2. The van der Waals surface area contributed by atoms with Gasteiger partial charge in [-0.25, -0.2) is 0 Å². The highest BCUT2D eigenvalue weighted by atomic mass is 15.0. The second-order valence-electron chi connectivity index (χ2n) is 5.66. The fourth-order valence-corrected chi connectivity index (χ4v) is 2.61. The van der Waals surface area contributed by atoms with Gasteiger partial charge in [0.05, 0.1) is 11.7 Å². The maximum atomic E-state index is 4.54. The highest BCUT2D eigenvalue weighted by Crippen LogP contribution is 2.21. The number of pyridine rings is 1. The topological polar surface area (TPSA) is 24.9 Å². The lowest BCUT2D eigenvalue weighted by Crippen LogP contribution is -2.31. The largest absolute Gasteiger partial charge is 0.302 e. The van der Waals surface area contributed by atoms with E-state index in [1.807, 2.05) is 12.3 Å². The smallest absolute Gasteiger partial charge is 0.0753 e. The van der Waals surface area contributed by atoms with Crippen LogP contribution in [0.1, 0.15) is 56.8 Å². The number of hydrogen-bond donors (Lipinski definition) is 1. The molecule has 0 aliphatic carbocycles. The summed E-state index contributed by atoms with van der Waals surface area (Å²) < 4.78 is 0. The van der Waals surface area contributed by atoms with Crippen LogP contribution in [0.3, 0.4) is 0 Å². The highest BCUT2D eigenvalue weighted by molar-refractivity contribution is 5.27. The molecule has 21 heavy (non-hydrogen) atoms. The summed E-state index contributed by atoms with van der Waals surface area (Å²) >= 11 is 0. The summed E-state index contributed by atoms with van der Waals surface area (Å²) in [5.41, 5.74) is 2.37. The lowest BCUT2D eigenvalue weighted by molar-refractivity contribution is 0.449. The minimum atomic E-state index is 0.170. The standard InChI is InChI=1S/C19H26N2/c1-3-4-6-11-16(2)21-19(17-12-7-5-8-13-17)18-14-9-10-15-20-18/h5,7-10,12-16,19,21H,3-4,6,11H2,1-2H3. The third-order valence-corrected chi connectivity index (χ3v) is 3.81. The molecule has 2 heteroatoms. The first-order chi connectivity index (χ1) is 10.3. The number of aromatic nitrogens is 1. The van der Waals surface area contributed by atoms with E-state index in [4.69, 9.17) is 0 Å². The Labute approximate surface area is 128 Å². The summed E-state index contributed by atoms with van der Waals surface area (Å²) in [4.78, 5) is 4.54. The summed E-state index contributed by atoms with van der Waals surface area (Å²) in [6.45, 7) is 4.52. The second-order valence-corrected chi connectivity index (χ2v) is 5.66. The van der Waals surface area contributed by atoms with E-state index in [1.54, 1.807) is 0 Å². The van der Waals surface area contributed by atoms with Crippen LogP contribution in [0.2, 0.25) is 0 Å². The van der Waals surface area contributed by atoms with E-state index in [-0.39, 0.29) is 6.04 Å². The molecule has 0 saturated heterocycles. The average Bonchev–Trinajstić information content (AvgIpc) is 2.54. The van der Waals surface area contributed by atoms with Crippen molar-refractivity contribution in [2.45, 2.75) is 51.6 Å². The van der Waals surface area contributed by atoms with Crippen LogP contribution in [0.4, 0.5) is 0 Å². The zero-order valence-electron chi connectivity index (χ0n) is 13.1. The predicted octanol–water partition coefficient (Wildman–Crippen LogP) is 4.73. The van der Waals surface area contributed by atoms with Crippen LogP contribution < -0.4 is 5.32 Å². The van der Waals surface area contributed by atoms with Crippen molar-refractivity contribution in [2.24, 2.45) is 0 Å². The molecule has 0 radical (unpaired) electrons. The third kappa shape index (κ3) is 4.98. The van der Waals surface area contributed by atoms with Gasteiger partial charge in [0.2, 0.25) is 0 Å². The van der Waals surface area contributed by atoms with Gasteiger partial charge < -0.3 is 5.32 Å². The molecular weight excluding hydrogens is 256 g/mol. The van der Waals surface area contributed by atoms with Gasteiger partial charge in [-0.3, -0.25) is 4.98 Å². The van der Waals surface area contributed by atoms with Gasteiger partial charge in [0.1, 0.15) is 0 Å². The Bertz CT molecular complexity index is 456. The Balaban J connectivity index is 2.10. The number of benzene rings is 1. The van der Waals surface area contributed by atoms with Crippen molar-refractivity contribution in [3.8, 4) is 0 Å². The molecule has 0 amide bonds. The van der Waals surface area contributed by atoms with Crippen molar-refractivity contribution in [3.63, 3.8) is 0 Å². The summed E-state index contributed by atoms with van der Waals surface area (Å²) in [6.07, 6.45) is 6.95. The monoisotopic (exact) mass is 282 g/mol. The van der Waals surface area contributed by atoms with E-state index in [0.29, 0.717) is 6.04 Å². The Kier molecular flexibility index (Phi) is 6.42. The van der Waals surface area contributed by atoms with Crippen molar-refractivity contribution in [1.82, 2.24) is 10.3 Å². The highest BCUT2D eigenvalue weighted by Gasteiger charge is 2.17. The van der Waals surface area contributed by atoms with Crippen LogP contribution in [-0.2, 0) is 0 Å². The van der Waals surface area contributed by atoms with E-state index < -0.39 is 0 Å². The molecule has 1 heterocycles. The molecule has 0 aliphatic heterocycles. The van der Waals surface area contributed by atoms with Gasteiger partial charge in [0, 0.05) is 12.2 Å². The molecule has 2 atom stereocenters. The molecule has 0 saturated carbocycles. The second kappa shape index (κ2) is 8.58. The summed E-state index contributed by atoms with van der Waals surface area (Å²) in [7, 11) is 0. The molecule has 1 aromatic heterocycles. The molecule has 0 bridgehead atoms. The fraction of sp³-hybridized carbons (Fsp3) is 0.421. The van der Waals surface area contributed by atoms with Gasteiger partial charge in [-0.05, 0) is 31.0 Å². The van der Waals surface area contributed by atoms with Crippen molar-refractivity contribution in [1.29, 1.82) is 0 Å². The van der Waals surface area contributed by atoms with Crippen LogP contribution in [0.15, 0.2) is 54.7 Å². The van der Waals surface area contributed by atoms with Gasteiger partial charge in [-0.15, -0.1) is 0 Å².